The van der Waals surface area contributed by atoms with Crippen LogP contribution in [0, 0.1) is 5.41 Å². The number of halogens is 2. The molecule has 0 atom stereocenters. The molecule has 1 saturated carbocycles. The first kappa shape index (κ1) is 26.7. The molecule has 1 aliphatic carbocycles. The lowest BCUT2D eigenvalue weighted by Gasteiger charge is -2.36. The summed E-state index contributed by atoms with van der Waals surface area (Å²) < 4.78 is 0. The maximum absolute atomic E-state index is 12.5. The summed E-state index contributed by atoms with van der Waals surface area (Å²) in [5, 5.41) is 2.84. The third-order valence-electron chi connectivity index (χ3n) is 6.29. The van der Waals surface area contributed by atoms with E-state index in [1.807, 2.05) is 11.0 Å². The number of nitrogens with two attached hydrogens (primary N) is 1. The minimum absolute atomic E-state index is 0. The molecule has 30 heavy (non-hydrogen) atoms. The van der Waals surface area contributed by atoms with Crippen LogP contribution in [0.2, 0.25) is 0 Å². The molecule has 0 unspecified atom stereocenters. The van der Waals surface area contributed by atoms with E-state index in [0.717, 1.165) is 45.3 Å². The molecule has 0 aromatic heterocycles. The summed E-state index contributed by atoms with van der Waals surface area (Å²) in [6, 6.07) is 10.4. The Morgan fingerprint density at radius 2 is 1.60 bits per heavy atom. The summed E-state index contributed by atoms with van der Waals surface area (Å²) in [7, 11) is 0. The Kier molecular flexibility index (Phi) is 11.7. The van der Waals surface area contributed by atoms with E-state index in [9.17, 15) is 9.59 Å². The van der Waals surface area contributed by atoms with Crippen LogP contribution >= 0.6 is 24.8 Å². The van der Waals surface area contributed by atoms with Crippen molar-refractivity contribution in [2.45, 2.75) is 45.1 Å². The number of amides is 2. The van der Waals surface area contributed by atoms with Crippen LogP contribution in [0.25, 0.3) is 0 Å². The quantitative estimate of drug-likeness (QED) is 0.657. The number of carbonyl (C=O) groups excluding carboxylic acids is 2. The molecule has 8 heteroatoms. The van der Waals surface area contributed by atoms with Crippen LogP contribution in [0.5, 0.6) is 0 Å². The Balaban J connectivity index is 0.00000225. The van der Waals surface area contributed by atoms with Gasteiger partial charge < -0.3 is 16.0 Å². The maximum Gasteiger partial charge on any atom is 0.242 e. The van der Waals surface area contributed by atoms with Gasteiger partial charge in [-0.2, -0.15) is 0 Å². The summed E-state index contributed by atoms with van der Waals surface area (Å²) in [5.74, 6) is -0.0263. The van der Waals surface area contributed by atoms with Crippen LogP contribution in [0.3, 0.4) is 0 Å². The first-order valence-corrected chi connectivity index (χ1v) is 10.6. The van der Waals surface area contributed by atoms with Gasteiger partial charge in [0.15, 0.2) is 0 Å². The van der Waals surface area contributed by atoms with Crippen molar-refractivity contribution < 1.29 is 9.59 Å². The summed E-state index contributed by atoms with van der Waals surface area (Å²) in [4.78, 5) is 29.1. The van der Waals surface area contributed by atoms with Gasteiger partial charge in [-0.3, -0.25) is 14.5 Å². The second-order valence-corrected chi connectivity index (χ2v) is 8.36. The Labute approximate surface area is 192 Å². The minimum Gasteiger partial charge on any atom is -0.347 e. The lowest BCUT2D eigenvalue weighted by atomic mass is 9.71. The van der Waals surface area contributed by atoms with Crippen molar-refractivity contribution in [2.24, 2.45) is 11.1 Å². The van der Waals surface area contributed by atoms with Gasteiger partial charge in [0.05, 0.1) is 6.54 Å². The molecule has 2 aliphatic rings. The Morgan fingerprint density at radius 1 is 0.967 bits per heavy atom. The molecule has 1 aliphatic heterocycles. The molecule has 0 bridgehead atoms. The van der Waals surface area contributed by atoms with Crippen LogP contribution in [0.15, 0.2) is 30.3 Å². The van der Waals surface area contributed by atoms with E-state index in [1.54, 1.807) is 0 Å². The number of nitrogens with one attached hydrogen (secondary N) is 1. The van der Waals surface area contributed by atoms with Gasteiger partial charge in [-0.25, -0.2) is 0 Å². The first-order chi connectivity index (χ1) is 13.6. The smallest absolute Gasteiger partial charge is 0.242 e. The highest BCUT2D eigenvalue weighted by Gasteiger charge is 2.33. The Hall–Kier alpha value is -1.34. The topological polar surface area (TPSA) is 78.7 Å². The van der Waals surface area contributed by atoms with E-state index in [4.69, 9.17) is 5.73 Å². The summed E-state index contributed by atoms with van der Waals surface area (Å²) in [5.41, 5.74) is 7.20. The number of carbonyl (C=O) groups is 2. The van der Waals surface area contributed by atoms with Crippen molar-refractivity contribution in [1.82, 2.24) is 15.1 Å². The van der Waals surface area contributed by atoms with Crippen molar-refractivity contribution in [3.63, 3.8) is 0 Å². The number of rotatable bonds is 7. The molecule has 1 aromatic carbocycles. The van der Waals surface area contributed by atoms with Gasteiger partial charge in [0.1, 0.15) is 0 Å². The second kappa shape index (κ2) is 13.2. The van der Waals surface area contributed by atoms with Crippen LogP contribution in [0.1, 0.15) is 44.1 Å². The van der Waals surface area contributed by atoms with Gasteiger partial charge in [-0.1, -0.05) is 49.6 Å². The van der Waals surface area contributed by atoms with Gasteiger partial charge in [-0.05, 0) is 30.4 Å². The molecule has 6 nitrogen and oxygen atoms in total. The number of benzene rings is 1. The lowest BCUT2D eigenvalue weighted by molar-refractivity contribution is -0.135. The van der Waals surface area contributed by atoms with Gasteiger partial charge in [-0.15, -0.1) is 24.8 Å². The molecule has 1 saturated heterocycles. The molecule has 1 heterocycles. The van der Waals surface area contributed by atoms with Gasteiger partial charge in [0.2, 0.25) is 11.8 Å². The summed E-state index contributed by atoms with van der Waals surface area (Å²) in [6.07, 6.45) is 6.02. The van der Waals surface area contributed by atoms with E-state index in [2.05, 4.69) is 34.5 Å². The van der Waals surface area contributed by atoms with Gasteiger partial charge >= 0.3 is 0 Å². The molecule has 2 amide bonds. The predicted molar refractivity (Wildman–Crippen MR) is 125 cm³/mol. The largest absolute Gasteiger partial charge is 0.347 e. The molecule has 3 N–H and O–H groups in total. The van der Waals surface area contributed by atoms with E-state index in [-0.39, 0.29) is 48.6 Å². The monoisotopic (exact) mass is 458 g/mol. The third-order valence-corrected chi connectivity index (χ3v) is 6.29. The van der Waals surface area contributed by atoms with E-state index in [0.29, 0.717) is 26.1 Å². The van der Waals surface area contributed by atoms with Gasteiger partial charge in [0, 0.05) is 39.1 Å². The molecular weight excluding hydrogens is 423 g/mol. The number of hydrogen-bond acceptors (Lipinski definition) is 4. The molecule has 0 radical (unpaired) electrons. The fraction of sp³-hybridized carbons (Fsp3) is 0.636. The summed E-state index contributed by atoms with van der Waals surface area (Å²) in [6.45, 7) is 4.73. The Morgan fingerprint density at radius 3 is 2.20 bits per heavy atom. The van der Waals surface area contributed by atoms with Crippen molar-refractivity contribution in [2.75, 3.05) is 39.3 Å². The molecule has 0 spiro atoms. The van der Waals surface area contributed by atoms with Crippen molar-refractivity contribution in [3.05, 3.63) is 35.9 Å². The van der Waals surface area contributed by atoms with Crippen LogP contribution in [0.4, 0.5) is 0 Å². The average molecular weight is 459 g/mol. The zero-order chi connectivity index (χ0) is 19.8. The van der Waals surface area contributed by atoms with Crippen LogP contribution < -0.4 is 11.1 Å². The van der Waals surface area contributed by atoms with E-state index in [1.165, 1.54) is 12.0 Å². The van der Waals surface area contributed by atoms with Crippen LogP contribution in [-0.4, -0.2) is 60.9 Å². The fourth-order valence-electron chi connectivity index (χ4n) is 4.44. The number of hydrogen-bond donors (Lipinski definition) is 2. The van der Waals surface area contributed by atoms with Gasteiger partial charge in [0.25, 0.3) is 0 Å². The second-order valence-electron chi connectivity index (χ2n) is 8.36. The van der Waals surface area contributed by atoms with Crippen molar-refractivity contribution >= 4 is 36.6 Å². The predicted octanol–water partition coefficient (Wildman–Crippen LogP) is 2.59. The summed E-state index contributed by atoms with van der Waals surface area (Å²) >= 11 is 0. The van der Waals surface area contributed by atoms with Crippen molar-refractivity contribution in [1.29, 1.82) is 0 Å². The molecule has 2 fully saturated rings. The normalized spacial score (nSPS) is 18.6. The standard InChI is InChI=1S/C22H34N4O2.2ClH/c23-18-22(9-5-2-6-10-22)15-20(27)24-16-21(28)26-13-11-25(12-14-26)17-19-7-3-1-4-8-19;;/h1,3-4,7-8H,2,5-6,9-18,23H2,(H,24,27);2*1H. The third kappa shape index (κ3) is 7.73. The highest BCUT2D eigenvalue weighted by atomic mass is 35.5. The molecule has 3 rings (SSSR count). The zero-order valence-electron chi connectivity index (χ0n) is 17.7. The highest BCUT2D eigenvalue weighted by molar-refractivity contribution is 5.86. The zero-order valence-corrected chi connectivity index (χ0v) is 19.3. The molecular formula is C22H36Cl2N4O2. The number of piperazine rings is 1. The minimum atomic E-state index is -0.0611. The molecule has 1 aromatic rings. The molecule has 170 valence electrons. The highest BCUT2D eigenvalue weighted by Crippen LogP contribution is 2.38. The van der Waals surface area contributed by atoms with E-state index < -0.39 is 0 Å². The van der Waals surface area contributed by atoms with Crippen LogP contribution in [-0.2, 0) is 16.1 Å². The fourth-order valence-corrected chi connectivity index (χ4v) is 4.44. The Bertz CT molecular complexity index is 646. The van der Waals surface area contributed by atoms with Crippen molar-refractivity contribution in [3.8, 4) is 0 Å². The average Bonchev–Trinajstić information content (AvgIpc) is 2.74. The SMILES string of the molecule is Cl.Cl.NCC1(CC(=O)NCC(=O)N2CCN(Cc3ccccc3)CC2)CCCCC1. The number of nitrogens with zero attached hydrogens (tertiary/aromatic N) is 2. The maximum atomic E-state index is 12.5. The lowest BCUT2D eigenvalue weighted by Crippen LogP contribution is -2.51. The van der Waals surface area contributed by atoms with E-state index >= 15 is 0 Å². The first-order valence-electron chi connectivity index (χ1n) is 10.6.